The average molecular weight is 200 g/mol. The van der Waals surface area contributed by atoms with Gasteiger partial charge in [-0.3, -0.25) is 0 Å². The summed E-state index contributed by atoms with van der Waals surface area (Å²) in [5.74, 6) is 0. The van der Waals surface area contributed by atoms with Gasteiger partial charge < -0.3 is 12.9 Å². The van der Waals surface area contributed by atoms with Gasteiger partial charge in [-0.2, -0.15) is 5.10 Å². The third kappa shape index (κ3) is 1.34. The molecule has 3 nitrogen and oxygen atoms in total. The van der Waals surface area contributed by atoms with Gasteiger partial charge in [0.15, 0.2) is 5.65 Å². The van der Waals surface area contributed by atoms with Gasteiger partial charge in [0.1, 0.15) is 6.33 Å². The lowest BCUT2D eigenvalue weighted by Crippen LogP contribution is -2.37. The molecule has 0 aliphatic rings. The molecule has 2 rings (SSSR count). The molecule has 0 aromatic carbocycles. The Morgan fingerprint density at radius 1 is 1.36 bits per heavy atom. The minimum Gasteiger partial charge on any atom is -0.445 e. The Morgan fingerprint density at radius 3 is 2.71 bits per heavy atom. The fraction of sp³-hybridized carbons (Fsp3) is 0.143. The highest BCUT2D eigenvalue weighted by atomic mass is 19.4. The second kappa shape index (κ2) is 2.73. The van der Waals surface area contributed by atoms with Gasteiger partial charge in [-0.15, -0.1) is 0 Å². The molecular weight excluding hydrogens is 194 g/mol. The van der Waals surface area contributed by atoms with Crippen molar-refractivity contribution in [3.05, 3.63) is 24.2 Å². The van der Waals surface area contributed by atoms with Crippen molar-refractivity contribution in [1.82, 2.24) is 14.6 Å². The minimum atomic E-state index is -4.98. The maximum absolute atomic E-state index is 12.5. The van der Waals surface area contributed by atoms with E-state index in [1.807, 2.05) is 0 Å². The predicted molar refractivity (Wildman–Crippen MR) is 46.4 cm³/mol. The lowest BCUT2D eigenvalue weighted by Gasteiger charge is -2.17. The molecule has 7 heteroatoms. The van der Waals surface area contributed by atoms with Crippen molar-refractivity contribution in [3.63, 3.8) is 0 Å². The molecule has 0 unspecified atom stereocenters. The summed E-state index contributed by atoms with van der Waals surface area (Å²) in [6.45, 7) is -3.56. The zero-order valence-corrected chi connectivity index (χ0v) is 7.28. The second-order valence-corrected chi connectivity index (χ2v) is 3.05. The highest BCUT2D eigenvalue weighted by molar-refractivity contribution is 6.73. The first kappa shape index (κ1) is 9.05. The van der Waals surface area contributed by atoms with Crippen LogP contribution in [0, 0.1) is 6.92 Å². The number of hydrogen-bond acceptors (Lipinski definition) is 2. The molecule has 0 saturated heterocycles. The molecule has 0 atom stereocenters. The molecule has 2 heterocycles. The molecule has 0 aliphatic heterocycles. The van der Waals surface area contributed by atoms with Gasteiger partial charge in [0, 0.05) is 6.20 Å². The van der Waals surface area contributed by atoms with Crippen molar-refractivity contribution >= 4 is 18.1 Å². The van der Waals surface area contributed by atoms with Crippen LogP contribution in [0.2, 0.25) is 0 Å². The van der Waals surface area contributed by atoms with Gasteiger partial charge in [-0.1, -0.05) is 11.0 Å². The summed E-state index contributed by atoms with van der Waals surface area (Å²) in [6, 6.07) is 1.37. The van der Waals surface area contributed by atoms with Crippen molar-refractivity contribution in [2.24, 2.45) is 0 Å². The first-order chi connectivity index (χ1) is 6.48. The van der Waals surface area contributed by atoms with Gasteiger partial charge in [0.25, 0.3) is 0 Å². The summed E-state index contributed by atoms with van der Waals surface area (Å²) >= 11 is 0. The standard InChI is InChI=1S/C7H6BF3N3/c1-5-2-7-12-4-13-14(7)3-6(5)8(9,10)11/h2-4H,1H3/q-1. The quantitative estimate of drug-likeness (QED) is 0.645. The van der Waals surface area contributed by atoms with Crippen LogP contribution < -0.4 is 5.46 Å². The largest absolute Gasteiger partial charge is 0.511 e. The van der Waals surface area contributed by atoms with E-state index in [1.54, 1.807) is 0 Å². The Balaban J connectivity index is 2.71. The normalized spacial score (nSPS) is 12.3. The molecule has 0 saturated carbocycles. The van der Waals surface area contributed by atoms with Crippen molar-refractivity contribution in [1.29, 1.82) is 0 Å². The van der Waals surface area contributed by atoms with Crippen LogP contribution in [0.3, 0.4) is 0 Å². The molecule has 0 radical (unpaired) electrons. The number of rotatable bonds is 1. The first-order valence-electron chi connectivity index (χ1n) is 3.98. The molecule has 2 aromatic rings. The molecular formula is C7H6BF3N3-. The Bertz CT molecular complexity index is 476. The molecule has 0 N–H and O–H groups in total. The molecule has 0 bridgehead atoms. The molecule has 0 aliphatic carbocycles. The predicted octanol–water partition coefficient (Wildman–Crippen LogP) is 1.09. The molecule has 14 heavy (non-hydrogen) atoms. The van der Waals surface area contributed by atoms with Crippen molar-refractivity contribution in [2.75, 3.05) is 0 Å². The summed E-state index contributed by atoms with van der Waals surface area (Å²) in [5.41, 5.74) is -0.0210. The van der Waals surface area contributed by atoms with E-state index < -0.39 is 12.4 Å². The van der Waals surface area contributed by atoms with Crippen molar-refractivity contribution < 1.29 is 12.9 Å². The van der Waals surface area contributed by atoms with Crippen molar-refractivity contribution in [3.8, 4) is 0 Å². The Morgan fingerprint density at radius 2 is 2.07 bits per heavy atom. The number of halogens is 3. The maximum atomic E-state index is 12.5. The summed E-state index contributed by atoms with van der Waals surface area (Å²) in [4.78, 5) is 3.79. The third-order valence-corrected chi connectivity index (χ3v) is 2.02. The van der Waals surface area contributed by atoms with Crippen LogP contribution in [0.5, 0.6) is 0 Å². The Kier molecular flexibility index (Phi) is 1.76. The van der Waals surface area contributed by atoms with Crippen LogP contribution in [0.25, 0.3) is 5.65 Å². The number of aromatic nitrogens is 3. The van der Waals surface area contributed by atoms with Crippen LogP contribution in [0.4, 0.5) is 12.9 Å². The second-order valence-electron chi connectivity index (χ2n) is 3.05. The van der Waals surface area contributed by atoms with E-state index in [2.05, 4.69) is 10.1 Å². The fourth-order valence-corrected chi connectivity index (χ4v) is 1.31. The van der Waals surface area contributed by atoms with Gasteiger partial charge in [0.05, 0.1) is 0 Å². The lowest BCUT2D eigenvalue weighted by atomic mass is 9.78. The molecule has 2 aromatic heterocycles. The van der Waals surface area contributed by atoms with Gasteiger partial charge in [-0.25, -0.2) is 9.50 Å². The van der Waals surface area contributed by atoms with E-state index in [1.165, 1.54) is 19.3 Å². The number of fused-ring (bicyclic) bond motifs is 1. The minimum absolute atomic E-state index is 0.179. The van der Waals surface area contributed by atoms with E-state index in [4.69, 9.17) is 0 Å². The van der Waals surface area contributed by atoms with Crippen LogP contribution in [-0.2, 0) is 0 Å². The highest BCUT2D eigenvalue weighted by Crippen LogP contribution is 2.12. The van der Waals surface area contributed by atoms with Crippen LogP contribution >= 0.6 is 0 Å². The Labute approximate surface area is 77.6 Å². The van der Waals surface area contributed by atoms with E-state index >= 15 is 0 Å². The van der Waals surface area contributed by atoms with Gasteiger partial charge in [0.2, 0.25) is 0 Å². The topological polar surface area (TPSA) is 30.2 Å². The fourth-order valence-electron chi connectivity index (χ4n) is 1.31. The summed E-state index contributed by atoms with van der Waals surface area (Å²) in [7, 11) is 0. The van der Waals surface area contributed by atoms with Crippen molar-refractivity contribution in [2.45, 2.75) is 6.92 Å². The lowest BCUT2D eigenvalue weighted by molar-refractivity contribution is 0.500. The number of aryl methyl sites for hydroxylation is 1. The van der Waals surface area contributed by atoms with E-state index in [-0.39, 0.29) is 5.56 Å². The van der Waals surface area contributed by atoms with Crippen LogP contribution in [-0.4, -0.2) is 21.6 Å². The third-order valence-electron chi connectivity index (χ3n) is 2.02. The molecule has 0 spiro atoms. The van der Waals surface area contributed by atoms with E-state index in [0.29, 0.717) is 5.65 Å². The maximum Gasteiger partial charge on any atom is 0.511 e. The van der Waals surface area contributed by atoms with Crippen LogP contribution in [0.15, 0.2) is 18.6 Å². The first-order valence-corrected chi connectivity index (χ1v) is 3.98. The summed E-state index contributed by atoms with van der Waals surface area (Å²) in [5, 5.41) is 3.65. The Hall–Kier alpha value is -1.53. The molecule has 0 fully saturated rings. The van der Waals surface area contributed by atoms with Crippen LogP contribution in [0.1, 0.15) is 5.56 Å². The number of nitrogens with zero attached hydrogens (tertiary/aromatic N) is 3. The number of hydrogen-bond donors (Lipinski definition) is 0. The SMILES string of the molecule is Cc1cc2ncnn2cc1[B-](F)(F)F. The van der Waals surface area contributed by atoms with Gasteiger partial charge >= 0.3 is 6.98 Å². The molecule has 0 amide bonds. The zero-order chi connectivity index (χ0) is 10.3. The van der Waals surface area contributed by atoms with E-state index in [9.17, 15) is 12.9 Å². The summed E-state index contributed by atoms with van der Waals surface area (Å²) < 4.78 is 38.6. The highest BCUT2D eigenvalue weighted by Gasteiger charge is 2.28. The monoisotopic (exact) mass is 200 g/mol. The smallest absolute Gasteiger partial charge is 0.445 e. The molecule has 74 valence electrons. The average Bonchev–Trinajstić information content (AvgIpc) is 2.47. The number of pyridine rings is 1. The zero-order valence-electron chi connectivity index (χ0n) is 7.28. The van der Waals surface area contributed by atoms with E-state index in [0.717, 1.165) is 10.7 Å². The summed E-state index contributed by atoms with van der Waals surface area (Å²) in [6.07, 6.45) is 2.19. The van der Waals surface area contributed by atoms with Gasteiger partial charge in [-0.05, 0) is 13.0 Å².